The lowest BCUT2D eigenvalue weighted by Crippen LogP contribution is -2.52. The molecule has 0 aliphatic carbocycles. The van der Waals surface area contributed by atoms with Gasteiger partial charge in [-0.15, -0.1) is 0 Å². The third-order valence-corrected chi connectivity index (χ3v) is 6.80. The van der Waals surface area contributed by atoms with Gasteiger partial charge in [-0.1, -0.05) is 37.6 Å². The quantitative estimate of drug-likeness (QED) is 0.160. The van der Waals surface area contributed by atoms with E-state index >= 15 is 0 Å². The summed E-state index contributed by atoms with van der Waals surface area (Å²) in [5, 5.41) is 4.65. The molecule has 4 N–H and O–H groups in total. The van der Waals surface area contributed by atoms with E-state index < -0.39 is 42.9 Å². The molecule has 1 heterocycles. The first-order chi connectivity index (χ1) is 19.1. The first kappa shape index (κ1) is 32.3. The summed E-state index contributed by atoms with van der Waals surface area (Å²) in [5.74, 6) is -1.49. The molecule has 3 rings (SSSR count). The van der Waals surface area contributed by atoms with Crippen LogP contribution in [0.4, 0.5) is 19.4 Å². The Morgan fingerprint density at radius 2 is 1.90 bits per heavy atom. The number of phosphoric ester groups is 1. The number of hydrogen-bond donors (Lipinski definition) is 4. The minimum Gasteiger partial charge on any atom is -0.447 e. The highest BCUT2D eigenvalue weighted by molar-refractivity contribution is 7.46. The van der Waals surface area contributed by atoms with E-state index in [4.69, 9.17) is 26.1 Å². The Labute approximate surface area is 240 Å². The first-order valence-corrected chi connectivity index (χ1v) is 14.2. The van der Waals surface area contributed by atoms with Crippen molar-refractivity contribution in [1.82, 2.24) is 15.4 Å². The second kappa shape index (κ2) is 13.6. The third kappa shape index (κ3) is 9.99. The van der Waals surface area contributed by atoms with Gasteiger partial charge < -0.3 is 14.5 Å². The number of pyridine rings is 1. The Kier molecular flexibility index (Phi) is 10.8. The Balaban J connectivity index is 1.77. The van der Waals surface area contributed by atoms with E-state index in [0.717, 1.165) is 0 Å². The Hall–Kier alpha value is -3.19. The van der Waals surface area contributed by atoms with Crippen molar-refractivity contribution in [2.24, 2.45) is 5.41 Å². The molecule has 0 saturated heterocycles. The lowest BCUT2D eigenvalue weighted by molar-refractivity contribution is -0.137. The molecule has 2 aromatic carbocycles. The van der Waals surface area contributed by atoms with Crippen LogP contribution in [0.3, 0.4) is 0 Å². The van der Waals surface area contributed by atoms with Crippen molar-refractivity contribution in [2.75, 3.05) is 18.5 Å². The van der Waals surface area contributed by atoms with Crippen molar-refractivity contribution in [3.63, 3.8) is 0 Å². The van der Waals surface area contributed by atoms with E-state index in [2.05, 4.69) is 20.3 Å². The van der Waals surface area contributed by atoms with Gasteiger partial charge in [-0.25, -0.2) is 28.6 Å². The summed E-state index contributed by atoms with van der Waals surface area (Å²) in [7, 11) is -4.77. The molecule has 41 heavy (non-hydrogen) atoms. The van der Waals surface area contributed by atoms with Crippen LogP contribution in [0.5, 0.6) is 0 Å². The number of benzene rings is 2. The van der Waals surface area contributed by atoms with Gasteiger partial charge in [0, 0.05) is 25.1 Å². The number of aromatic nitrogens is 1. The lowest BCUT2D eigenvalue weighted by Gasteiger charge is -2.36. The van der Waals surface area contributed by atoms with Crippen LogP contribution in [0.25, 0.3) is 10.8 Å². The number of fused-ring (bicyclic) bond motifs is 1. The molecule has 222 valence electrons. The van der Waals surface area contributed by atoms with Gasteiger partial charge in [0.1, 0.15) is 24.1 Å². The SMILES string of the molecule is CC(=O)N(NCc1cccc(F)c1Cl)[C@H](COC(=O)Nc1cc2cc(F)ccc2cn1)CC(C)(C)COP(=O)(O)O. The zero-order valence-electron chi connectivity index (χ0n) is 22.4. The molecule has 3 aromatic rings. The topological polar surface area (TPSA) is 150 Å². The number of amides is 2. The summed E-state index contributed by atoms with van der Waals surface area (Å²) in [6, 6.07) is 8.92. The molecule has 0 fully saturated rings. The fourth-order valence-electron chi connectivity index (χ4n) is 4.03. The maximum absolute atomic E-state index is 13.9. The lowest BCUT2D eigenvalue weighted by atomic mass is 9.86. The standard InChI is InChI=1S/C26H30ClF2N4O7P/c1-16(34)33(31-13-18-5-4-6-22(29)24(18)27)21(11-26(2,3)15-40-41(36,37)38)14-39-25(35)32-23-10-19-9-20(28)8-7-17(19)12-30-23/h4-10,12,21,31H,11,13-15H2,1-3H3,(H,30,32,35)(H2,36,37,38)/t21-/m0/s1. The van der Waals surface area contributed by atoms with Gasteiger partial charge in [-0.2, -0.15) is 0 Å². The summed E-state index contributed by atoms with van der Waals surface area (Å²) in [5.41, 5.74) is 2.32. The molecule has 11 nitrogen and oxygen atoms in total. The highest BCUT2D eigenvalue weighted by Gasteiger charge is 2.32. The second-order valence-corrected chi connectivity index (χ2v) is 11.6. The molecule has 0 radical (unpaired) electrons. The highest BCUT2D eigenvalue weighted by Crippen LogP contribution is 2.39. The number of halogens is 3. The summed E-state index contributed by atoms with van der Waals surface area (Å²) in [6.07, 6.45) is 0.589. The van der Waals surface area contributed by atoms with Crippen LogP contribution in [0.15, 0.2) is 48.7 Å². The van der Waals surface area contributed by atoms with Gasteiger partial charge in [0.25, 0.3) is 0 Å². The van der Waals surface area contributed by atoms with Crippen molar-refractivity contribution in [3.8, 4) is 0 Å². The van der Waals surface area contributed by atoms with E-state index in [0.29, 0.717) is 16.3 Å². The highest BCUT2D eigenvalue weighted by atomic mass is 35.5. The average molecular weight is 615 g/mol. The fourth-order valence-corrected chi connectivity index (χ4v) is 4.74. The molecule has 1 aromatic heterocycles. The summed E-state index contributed by atoms with van der Waals surface area (Å²) in [4.78, 5) is 47.7. The minimum absolute atomic E-state index is 0.0528. The molecular formula is C26H30ClF2N4O7P. The van der Waals surface area contributed by atoms with Crippen LogP contribution in [-0.2, 0) is 25.2 Å². The van der Waals surface area contributed by atoms with Gasteiger partial charge in [0.05, 0.1) is 17.7 Å². The van der Waals surface area contributed by atoms with Gasteiger partial charge >= 0.3 is 13.9 Å². The number of ether oxygens (including phenoxy) is 1. The Morgan fingerprint density at radius 3 is 2.59 bits per heavy atom. The van der Waals surface area contributed by atoms with Crippen molar-refractivity contribution in [2.45, 2.75) is 39.8 Å². The largest absolute Gasteiger partial charge is 0.469 e. The van der Waals surface area contributed by atoms with Crippen molar-refractivity contribution >= 4 is 48.0 Å². The number of nitrogens with zero attached hydrogens (tertiary/aromatic N) is 2. The summed E-state index contributed by atoms with van der Waals surface area (Å²) in [6.45, 7) is 3.75. The van der Waals surface area contributed by atoms with E-state index in [1.165, 1.54) is 48.5 Å². The molecule has 15 heteroatoms. The molecule has 0 bridgehead atoms. The van der Waals surface area contributed by atoms with E-state index in [9.17, 15) is 22.9 Å². The molecule has 0 saturated carbocycles. The van der Waals surface area contributed by atoms with Gasteiger partial charge in [-0.05, 0) is 53.1 Å². The summed E-state index contributed by atoms with van der Waals surface area (Å²) < 4.78 is 48.8. The molecular weight excluding hydrogens is 585 g/mol. The number of phosphoric acid groups is 1. The first-order valence-electron chi connectivity index (χ1n) is 12.3. The van der Waals surface area contributed by atoms with Crippen LogP contribution >= 0.6 is 19.4 Å². The number of hydrazine groups is 1. The van der Waals surface area contributed by atoms with Gasteiger partial charge in [-0.3, -0.25) is 19.6 Å². The van der Waals surface area contributed by atoms with Crippen molar-refractivity contribution < 1.29 is 42.0 Å². The van der Waals surface area contributed by atoms with Crippen LogP contribution in [0.1, 0.15) is 32.8 Å². The number of carbonyl (C=O) groups excluding carboxylic acids is 2. The smallest absolute Gasteiger partial charge is 0.447 e. The Bertz CT molecular complexity index is 1460. The zero-order valence-corrected chi connectivity index (χ0v) is 24.1. The molecule has 0 unspecified atom stereocenters. The van der Waals surface area contributed by atoms with Crippen LogP contribution < -0.4 is 10.7 Å². The van der Waals surface area contributed by atoms with Crippen molar-refractivity contribution in [3.05, 3.63) is 70.9 Å². The second-order valence-electron chi connectivity index (χ2n) is 10.0. The zero-order chi connectivity index (χ0) is 30.4. The molecule has 0 aliphatic heterocycles. The molecule has 0 spiro atoms. The van der Waals surface area contributed by atoms with Gasteiger partial charge in [0.15, 0.2) is 0 Å². The number of hydrogen-bond acceptors (Lipinski definition) is 7. The fraction of sp³-hybridized carbons (Fsp3) is 0.346. The maximum Gasteiger partial charge on any atom is 0.469 e. The number of rotatable bonds is 12. The normalized spacial score (nSPS) is 12.7. The monoisotopic (exact) mass is 614 g/mol. The molecule has 1 atom stereocenters. The Morgan fingerprint density at radius 1 is 1.17 bits per heavy atom. The predicted molar refractivity (Wildman–Crippen MR) is 148 cm³/mol. The van der Waals surface area contributed by atoms with E-state index in [1.54, 1.807) is 26.0 Å². The van der Waals surface area contributed by atoms with Crippen LogP contribution in [0, 0.1) is 17.0 Å². The maximum atomic E-state index is 13.9. The summed E-state index contributed by atoms with van der Waals surface area (Å²) >= 11 is 6.04. The third-order valence-electron chi connectivity index (χ3n) is 5.91. The minimum atomic E-state index is -4.77. The van der Waals surface area contributed by atoms with Crippen LogP contribution in [-0.4, -0.2) is 51.0 Å². The molecule has 2 amide bonds. The van der Waals surface area contributed by atoms with E-state index in [1.807, 2.05) is 0 Å². The number of anilines is 1. The number of nitrogens with one attached hydrogen (secondary N) is 2. The van der Waals surface area contributed by atoms with E-state index in [-0.39, 0.29) is 37.0 Å². The average Bonchev–Trinajstić information content (AvgIpc) is 2.87. The number of carbonyl (C=O) groups is 2. The van der Waals surface area contributed by atoms with Gasteiger partial charge in [0.2, 0.25) is 5.91 Å². The molecule has 0 aliphatic rings. The predicted octanol–water partition coefficient (Wildman–Crippen LogP) is 5.16. The van der Waals surface area contributed by atoms with Crippen LogP contribution in [0.2, 0.25) is 5.02 Å². The van der Waals surface area contributed by atoms with Crippen molar-refractivity contribution in [1.29, 1.82) is 0 Å².